The van der Waals surface area contributed by atoms with Crippen molar-refractivity contribution in [2.45, 2.75) is 24.8 Å². The zero-order valence-corrected chi connectivity index (χ0v) is 9.56. The summed E-state index contributed by atoms with van der Waals surface area (Å²) < 4.78 is 4.55. The lowest BCUT2D eigenvalue weighted by Crippen LogP contribution is -2.24. The summed E-state index contributed by atoms with van der Waals surface area (Å²) in [6.45, 7) is 0. The van der Waals surface area contributed by atoms with Crippen LogP contribution in [-0.2, 0) is 11.2 Å². The molecule has 0 saturated heterocycles. The minimum absolute atomic E-state index is 0.0459. The number of nitrogens with two attached hydrogens (primary N) is 1. The normalized spacial score (nSPS) is 16.6. The molecule has 4 N–H and O–H groups in total. The quantitative estimate of drug-likeness (QED) is 0.680. The number of methoxy groups -OCH3 is 1. The minimum atomic E-state index is -0.634. The SMILES string of the molecule is COC(=O)c1cc(CC2(N)CC2)c(O)cc1O. The van der Waals surface area contributed by atoms with Gasteiger partial charge in [0.1, 0.15) is 17.1 Å². The van der Waals surface area contributed by atoms with E-state index in [2.05, 4.69) is 4.74 Å². The van der Waals surface area contributed by atoms with Crippen molar-refractivity contribution in [3.05, 3.63) is 23.3 Å². The van der Waals surface area contributed by atoms with E-state index < -0.39 is 5.97 Å². The summed E-state index contributed by atoms with van der Waals surface area (Å²) in [7, 11) is 1.24. The number of carbonyl (C=O) groups is 1. The van der Waals surface area contributed by atoms with Gasteiger partial charge in [-0.05, 0) is 30.9 Å². The third-order valence-corrected chi connectivity index (χ3v) is 3.04. The van der Waals surface area contributed by atoms with Crippen molar-refractivity contribution in [3.63, 3.8) is 0 Å². The number of esters is 1. The average molecular weight is 237 g/mol. The van der Waals surface area contributed by atoms with Crippen molar-refractivity contribution < 1.29 is 19.7 Å². The Morgan fingerprint density at radius 1 is 1.41 bits per heavy atom. The van der Waals surface area contributed by atoms with E-state index in [0.717, 1.165) is 18.9 Å². The summed E-state index contributed by atoms with van der Waals surface area (Å²) in [5.74, 6) is -0.975. The molecule has 1 fully saturated rings. The summed E-state index contributed by atoms with van der Waals surface area (Å²) in [6.07, 6.45) is 2.30. The second-order valence-electron chi connectivity index (χ2n) is 4.53. The zero-order valence-electron chi connectivity index (χ0n) is 9.56. The largest absolute Gasteiger partial charge is 0.508 e. The van der Waals surface area contributed by atoms with E-state index in [-0.39, 0.29) is 22.6 Å². The van der Waals surface area contributed by atoms with Crippen molar-refractivity contribution in [1.82, 2.24) is 0 Å². The van der Waals surface area contributed by atoms with Crippen LogP contribution < -0.4 is 5.73 Å². The van der Waals surface area contributed by atoms with Crippen molar-refractivity contribution in [2.24, 2.45) is 5.73 Å². The molecule has 0 heterocycles. The van der Waals surface area contributed by atoms with E-state index in [4.69, 9.17) is 5.73 Å². The summed E-state index contributed by atoms with van der Waals surface area (Å²) in [6, 6.07) is 2.58. The highest BCUT2D eigenvalue weighted by atomic mass is 16.5. The number of ether oxygens (including phenoxy) is 1. The Kier molecular flexibility index (Phi) is 2.71. The van der Waals surface area contributed by atoms with Crippen LogP contribution in [0.15, 0.2) is 12.1 Å². The van der Waals surface area contributed by atoms with Crippen molar-refractivity contribution >= 4 is 5.97 Å². The van der Waals surface area contributed by atoms with Crippen molar-refractivity contribution in [2.75, 3.05) is 7.11 Å². The Morgan fingerprint density at radius 2 is 2.06 bits per heavy atom. The van der Waals surface area contributed by atoms with Gasteiger partial charge in [0.25, 0.3) is 0 Å². The maximum atomic E-state index is 11.4. The highest BCUT2D eigenvalue weighted by Crippen LogP contribution is 2.39. The summed E-state index contributed by atoms with van der Waals surface area (Å²) in [5, 5.41) is 19.2. The van der Waals surface area contributed by atoms with Crippen LogP contribution in [-0.4, -0.2) is 28.8 Å². The van der Waals surface area contributed by atoms with Gasteiger partial charge < -0.3 is 20.7 Å². The highest BCUT2D eigenvalue weighted by Gasteiger charge is 2.39. The smallest absolute Gasteiger partial charge is 0.341 e. The first-order valence-electron chi connectivity index (χ1n) is 5.37. The van der Waals surface area contributed by atoms with E-state index in [9.17, 15) is 15.0 Å². The van der Waals surface area contributed by atoms with Gasteiger partial charge in [-0.2, -0.15) is 0 Å². The second-order valence-corrected chi connectivity index (χ2v) is 4.53. The standard InChI is InChI=1S/C12H15NO4/c1-17-11(16)8-4-7(6-12(13)2-3-12)9(14)5-10(8)15/h4-5,14-15H,2-3,6,13H2,1H3. The zero-order chi connectivity index (χ0) is 12.6. The fourth-order valence-corrected chi connectivity index (χ4v) is 1.75. The lowest BCUT2D eigenvalue weighted by Gasteiger charge is -2.12. The van der Waals surface area contributed by atoms with Crippen LogP contribution in [0.1, 0.15) is 28.8 Å². The molecule has 5 nitrogen and oxygen atoms in total. The molecule has 0 spiro atoms. The number of aromatic hydroxyl groups is 2. The number of benzene rings is 1. The number of carbonyl (C=O) groups excluding carboxylic acids is 1. The number of phenolic OH excluding ortho intramolecular Hbond substituents is 2. The van der Waals surface area contributed by atoms with E-state index in [1.807, 2.05) is 0 Å². The summed E-state index contributed by atoms with van der Waals surface area (Å²) >= 11 is 0. The van der Waals surface area contributed by atoms with E-state index in [1.165, 1.54) is 13.2 Å². The van der Waals surface area contributed by atoms with Crippen LogP contribution in [0.3, 0.4) is 0 Å². The molecule has 1 aliphatic carbocycles. The topological polar surface area (TPSA) is 92.8 Å². The minimum Gasteiger partial charge on any atom is -0.508 e. The van der Waals surface area contributed by atoms with Gasteiger partial charge >= 0.3 is 5.97 Å². The van der Waals surface area contributed by atoms with Crippen LogP contribution in [0.2, 0.25) is 0 Å². The van der Waals surface area contributed by atoms with Crippen LogP contribution in [0.5, 0.6) is 11.5 Å². The Hall–Kier alpha value is -1.75. The Labute approximate surface area is 98.8 Å². The van der Waals surface area contributed by atoms with Crippen LogP contribution in [0.4, 0.5) is 0 Å². The molecule has 0 radical (unpaired) electrons. The third kappa shape index (κ3) is 2.34. The van der Waals surface area contributed by atoms with E-state index in [0.29, 0.717) is 12.0 Å². The van der Waals surface area contributed by atoms with Crippen molar-refractivity contribution in [3.8, 4) is 11.5 Å². The average Bonchev–Trinajstić information content (AvgIpc) is 2.99. The molecule has 0 unspecified atom stereocenters. The fraction of sp³-hybridized carbons (Fsp3) is 0.417. The molecule has 5 heteroatoms. The molecule has 0 amide bonds. The van der Waals surface area contributed by atoms with Gasteiger partial charge in [0.05, 0.1) is 7.11 Å². The molecule has 0 aliphatic heterocycles. The molecule has 17 heavy (non-hydrogen) atoms. The first-order valence-corrected chi connectivity index (χ1v) is 5.37. The Balaban J connectivity index is 2.35. The highest BCUT2D eigenvalue weighted by molar-refractivity contribution is 5.92. The Bertz CT molecular complexity index is 466. The molecule has 1 aromatic rings. The molecular formula is C12H15NO4. The number of hydrogen-bond acceptors (Lipinski definition) is 5. The van der Waals surface area contributed by atoms with Gasteiger partial charge in [-0.25, -0.2) is 4.79 Å². The van der Waals surface area contributed by atoms with Gasteiger partial charge in [0.15, 0.2) is 0 Å². The van der Waals surface area contributed by atoms with Gasteiger partial charge in [-0.1, -0.05) is 0 Å². The molecule has 1 aromatic carbocycles. The molecule has 1 aliphatic rings. The third-order valence-electron chi connectivity index (χ3n) is 3.04. The monoisotopic (exact) mass is 237 g/mol. The van der Waals surface area contributed by atoms with Gasteiger partial charge in [0, 0.05) is 11.6 Å². The first-order chi connectivity index (χ1) is 7.95. The Morgan fingerprint density at radius 3 is 2.59 bits per heavy atom. The maximum absolute atomic E-state index is 11.4. The number of phenols is 2. The molecule has 0 bridgehead atoms. The molecule has 92 valence electrons. The number of hydrogen-bond donors (Lipinski definition) is 3. The predicted molar refractivity (Wildman–Crippen MR) is 61.0 cm³/mol. The predicted octanol–water partition coefficient (Wildman–Crippen LogP) is 0.918. The summed E-state index contributed by atoms with van der Waals surface area (Å²) in [4.78, 5) is 11.4. The molecule has 0 aromatic heterocycles. The van der Waals surface area contributed by atoms with E-state index >= 15 is 0 Å². The maximum Gasteiger partial charge on any atom is 0.341 e. The fourth-order valence-electron chi connectivity index (χ4n) is 1.75. The van der Waals surface area contributed by atoms with Gasteiger partial charge in [0.2, 0.25) is 0 Å². The van der Waals surface area contributed by atoms with Gasteiger partial charge in [-0.15, -0.1) is 0 Å². The lowest BCUT2D eigenvalue weighted by molar-refractivity contribution is 0.0597. The van der Waals surface area contributed by atoms with Crippen LogP contribution >= 0.6 is 0 Å². The first kappa shape index (κ1) is 11.7. The van der Waals surface area contributed by atoms with E-state index in [1.54, 1.807) is 0 Å². The van der Waals surface area contributed by atoms with Crippen LogP contribution in [0, 0.1) is 0 Å². The molecule has 0 atom stereocenters. The molecule has 1 saturated carbocycles. The lowest BCUT2D eigenvalue weighted by atomic mass is 10.0. The van der Waals surface area contributed by atoms with Crippen molar-refractivity contribution in [1.29, 1.82) is 0 Å². The van der Waals surface area contributed by atoms with Gasteiger partial charge in [-0.3, -0.25) is 0 Å². The van der Waals surface area contributed by atoms with Crippen LogP contribution in [0.25, 0.3) is 0 Å². The second kappa shape index (κ2) is 3.92. The summed E-state index contributed by atoms with van der Waals surface area (Å²) in [5.41, 5.74) is 6.28. The molecular weight excluding hydrogens is 222 g/mol. The number of rotatable bonds is 3. The molecule has 2 rings (SSSR count).